The van der Waals surface area contributed by atoms with Crippen LogP contribution >= 0.6 is 23.1 Å². The lowest BCUT2D eigenvalue weighted by Gasteiger charge is -2.06. The van der Waals surface area contributed by atoms with E-state index in [9.17, 15) is 9.59 Å². The van der Waals surface area contributed by atoms with Gasteiger partial charge in [-0.3, -0.25) is 9.59 Å². The van der Waals surface area contributed by atoms with Crippen molar-refractivity contribution in [3.63, 3.8) is 0 Å². The van der Waals surface area contributed by atoms with Crippen molar-refractivity contribution in [2.24, 2.45) is 0 Å². The van der Waals surface area contributed by atoms with E-state index in [4.69, 9.17) is 9.47 Å². The van der Waals surface area contributed by atoms with Crippen LogP contribution in [0, 0.1) is 0 Å². The van der Waals surface area contributed by atoms with E-state index >= 15 is 0 Å². The van der Waals surface area contributed by atoms with Crippen LogP contribution in [0.3, 0.4) is 0 Å². The number of carbonyl (C=O) groups is 1. The average Bonchev–Trinajstić information content (AvgIpc) is 3.24. The molecule has 11 heteroatoms. The van der Waals surface area contributed by atoms with Gasteiger partial charge < -0.3 is 14.8 Å². The number of methoxy groups -OCH3 is 1. The molecule has 1 amide bonds. The molecule has 0 bridgehead atoms. The zero-order valence-corrected chi connectivity index (χ0v) is 18.9. The predicted molar refractivity (Wildman–Crippen MR) is 124 cm³/mol. The van der Waals surface area contributed by atoms with Crippen molar-refractivity contribution in [2.45, 2.75) is 11.3 Å². The van der Waals surface area contributed by atoms with Crippen molar-refractivity contribution < 1.29 is 14.3 Å². The quantitative estimate of drug-likeness (QED) is 0.392. The summed E-state index contributed by atoms with van der Waals surface area (Å²) in [6, 6.07) is 14.1. The maximum absolute atomic E-state index is 12.8. The fourth-order valence-corrected chi connectivity index (χ4v) is 4.48. The number of thioether (sulfide) groups is 1. The van der Waals surface area contributed by atoms with Crippen molar-refractivity contribution in [2.75, 3.05) is 24.8 Å². The molecule has 0 radical (unpaired) electrons. The molecule has 0 unspecified atom stereocenters. The molecular weight excluding hydrogens is 450 g/mol. The average molecular weight is 470 g/mol. The third-order valence-electron chi connectivity index (χ3n) is 4.31. The first-order chi connectivity index (χ1) is 15.6. The Balaban J connectivity index is 1.44. The number of amides is 1. The minimum absolute atomic E-state index is 0.139. The number of aromatic nitrogens is 4. The number of nitrogens with zero attached hydrogens (tertiary/aromatic N) is 4. The van der Waals surface area contributed by atoms with Crippen LogP contribution < -0.4 is 20.3 Å². The van der Waals surface area contributed by atoms with Crippen molar-refractivity contribution in [1.29, 1.82) is 0 Å². The molecule has 1 N–H and O–H groups in total. The van der Waals surface area contributed by atoms with Crippen LogP contribution in [-0.4, -0.2) is 45.2 Å². The number of ether oxygens (including phenoxy) is 2. The van der Waals surface area contributed by atoms with E-state index in [1.54, 1.807) is 55.6 Å². The minimum Gasteiger partial charge on any atom is -0.497 e. The van der Waals surface area contributed by atoms with Gasteiger partial charge >= 0.3 is 5.56 Å². The molecule has 2 aromatic carbocycles. The molecule has 0 aliphatic rings. The lowest BCUT2D eigenvalue weighted by atomic mass is 10.1. The van der Waals surface area contributed by atoms with E-state index in [2.05, 4.69) is 20.6 Å². The van der Waals surface area contributed by atoms with Crippen molar-refractivity contribution in [3.05, 3.63) is 58.9 Å². The van der Waals surface area contributed by atoms with Gasteiger partial charge in [-0.25, -0.2) is 0 Å². The van der Waals surface area contributed by atoms with Gasteiger partial charge in [0.1, 0.15) is 11.5 Å². The number of rotatable bonds is 8. The largest absolute Gasteiger partial charge is 0.497 e. The number of nitrogens with one attached hydrogen (secondary N) is 1. The van der Waals surface area contributed by atoms with Gasteiger partial charge in [0.2, 0.25) is 10.9 Å². The van der Waals surface area contributed by atoms with Gasteiger partial charge in [0.05, 0.1) is 19.5 Å². The first-order valence-electron chi connectivity index (χ1n) is 9.64. The van der Waals surface area contributed by atoms with Crippen LogP contribution in [0.5, 0.6) is 11.5 Å². The number of carbonyl (C=O) groups excluding carboxylic acids is 1. The SMILES string of the molecule is CCOc1ccc(NC(=O)CSc2nn3c(=O)c(-c4ccc(OC)cc4)nnc3s2)cc1. The molecule has 2 heterocycles. The maximum Gasteiger partial charge on any atom is 0.302 e. The predicted octanol–water partition coefficient (Wildman–Crippen LogP) is 3.35. The van der Waals surface area contributed by atoms with Gasteiger partial charge in [-0.1, -0.05) is 23.1 Å². The highest BCUT2D eigenvalue weighted by Crippen LogP contribution is 2.24. The Kier molecular flexibility index (Phi) is 6.66. The molecule has 9 nitrogen and oxygen atoms in total. The van der Waals surface area contributed by atoms with Gasteiger partial charge in [0.15, 0.2) is 10.0 Å². The fourth-order valence-electron chi connectivity index (χ4n) is 2.81. The highest BCUT2D eigenvalue weighted by Gasteiger charge is 2.15. The number of hydrogen-bond donors (Lipinski definition) is 1. The summed E-state index contributed by atoms with van der Waals surface area (Å²) in [5.41, 5.74) is 1.12. The van der Waals surface area contributed by atoms with Crippen LogP contribution in [-0.2, 0) is 4.79 Å². The highest BCUT2D eigenvalue weighted by atomic mass is 32.2. The third-order valence-corrected chi connectivity index (χ3v) is 6.34. The second-order valence-corrected chi connectivity index (χ2v) is 8.62. The second-order valence-electron chi connectivity index (χ2n) is 6.44. The van der Waals surface area contributed by atoms with Crippen molar-refractivity contribution in [1.82, 2.24) is 19.8 Å². The fraction of sp³-hybridized carbons (Fsp3) is 0.190. The minimum atomic E-state index is -0.373. The molecule has 0 atom stereocenters. The number of hydrogen-bond acceptors (Lipinski definition) is 9. The summed E-state index contributed by atoms with van der Waals surface area (Å²) in [7, 11) is 1.57. The molecule has 4 rings (SSSR count). The summed E-state index contributed by atoms with van der Waals surface area (Å²) in [5, 5.41) is 15.3. The molecule has 0 spiro atoms. The Morgan fingerprint density at radius 1 is 1.09 bits per heavy atom. The van der Waals surface area contributed by atoms with Crippen LogP contribution in [0.25, 0.3) is 16.2 Å². The summed E-state index contributed by atoms with van der Waals surface area (Å²) in [6.45, 7) is 2.49. The molecular formula is C21H19N5O4S2. The molecule has 0 fully saturated rings. The Bertz CT molecular complexity index is 1290. The lowest BCUT2D eigenvalue weighted by Crippen LogP contribution is -2.19. The normalized spacial score (nSPS) is 10.8. The van der Waals surface area contributed by atoms with Crippen LogP contribution in [0.15, 0.2) is 57.7 Å². The molecule has 32 heavy (non-hydrogen) atoms. The zero-order valence-electron chi connectivity index (χ0n) is 17.3. The van der Waals surface area contributed by atoms with E-state index in [1.165, 1.54) is 27.6 Å². The Hall–Kier alpha value is -3.44. The van der Waals surface area contributed by atoms with Gasteiger partial charge in [-0.05, 0) is 55.5 Å². The molecule has 0 aliphatic carbocycles. The summed E-state index contributed by atoms with van der Waals surface area (Å²) in [4.78, 5) is 25.5. The van der Waals surface area contributed by atoms with Crippen molar-refractivity contribution in [3.8, 4) is 22.8 Å². The molecule has 0 aliphatic heterocycles. The molecule has 0 saturated carbocycles. The smallest absolute Gasteiger partial charge is 0.302 e. The van der Waals surface area contributed by atoms with Crippen LogP contribution in [0.2, 0.25) is 0 Å². The highest BCUT2D eigenvalue weighted by molar-refractivity contribution is 8.01. The monoisotopic (exact) mass is 469 g/mol. The lowest BCUT2D eigenvalue weighted by molar-refractivity contribution is -0.113. The first-order valence-corrected chi connectivity index (χ1v) is 11.4. The summed E-state index contributed by atoms with van der Waals surface area (Å²) in [6.07, 6.45) is 0. The Morgan fingerprint density at radius 2 is 1.81 bits per heavy atom. The number of benzene rings is 2. The van der Waals surface area contributed by atoms with Crippen LogP contribution in [0.4, 0.5) is 5.69 Å². The second kappa shape index (κ2) is 9.79. The van der Waals surface area contributed by atoms with Gasteiger partial charge in [0.25, 0.3) is 0 Å². The Morgan fingerprint density at radius 3 is 2.50 bits per heavy atom. The molecule has 164 valence electrons. The Labute approximate surface area is 191 Å². The van der Waals surface area contributed by atoms with Crippen LogP contribution in [0.1, 0.15) is 6.92 Å². The van der Waals surface area contributed by atoms with Gasteiger partial charge in [0, 0.05) is 11.3 Å². The molecule has 0 saturated heterocycles. The number of fused-ring (bicyclic) bond motifs is 1. The maximum atomic E-state index is 12.8. The van der Waals surface area contributed by atoms with E-state index in [1.807, 2.05) is 6.92 Å². The van der Waals surface area contributed by atoms with E-state index in [-0.39, 0.29) is 22.9 Å². The molecule has 2 aromatic heterocycles. The standard InChI is InChI=1S/C21H19N5O4S2/c1-3-30-16-10-6-14(7-11-16)22-17(27)12-31-21-25-26-19(28)18(23-24-20(26)32-21)13-4-8-15(29-2)9-5-13/h4-11H,3,12H2,1-2H3,(H,22,27). The van der Waals surface area contributed by atoms with Gasteiger partial charge in [-0.15, -0.1) is 15.3 Å². The first kappa shape index (κ1) is 21.8. The summed E-state index contributed by atoms with van der Waals surface area (Å²) in [5.74, 6) is 1.38. The number of anilines is 1. The van der Waals surface area contributed by atoms with Crippen molar-refractivity contribution >= 4 is 39.7 Å². The third kappa shape index (κ3) is 4.89. The summed E-state index contributed by atoms with van der Waals surface area (Å²) >= 11 is 2.43. The van der Waals surface area contributed by atoms with E-state index < -0.39 is 0 Å². The van der Waals surface area contributed by atoms with E-state index in [0.29, 0.717) is 32.9 Å². The zero-order chi connectivity index (χ0) is 22.5. The molecule has 4 aromatic rings. The topological polar surface area (TPSA) is 108 Å². The van der Waals surface area contributed by atoms with E-state index in [0.717, 1.165) is 5.75 Å². The summed E-state index contributed by atoms with van der Waals surface area (Å²) < 4.78 is 12.3. The van der Waals surface area contributed by atoms with Gasteiger partial charge in [-0.2, -0.15) is 4.52 Å².